The van der Waals surface area contributed by atoms with E-state index in [1.165, 1.54) is 11.1 Å². The zero-order valence-electron chi connectivity index (χ0n) is 16.9. The Labute approximate surface area is 180 Å². The number of fused-ring (bicyclic) bond motifs is 2. The maximum atomic E-state index is 6.14. The lowest BCUT2D eigenvalue weighted by Crippen LogP contribution is -2.21. The number of benzene rings is 2. The number of nitrogens with one attached hydrogen (secondary N) is 1. The number of aromatic nitrogens is 2. The lowest BCUT2D eigenvalue weighted by Gasteiger charge is -2.24. The molecule has 0 radical (unpaired) electrons. The van der Waals surface area contributed by atoms with Gasteiger partial charge in [0, 0.05) is 29.4 Å². The SMILES string of the molecule is Cc1cnc(C(CCN(C)C)Nc2ccc3c(c2)Cc2cccc(Br)c2O3)cn1. The molecule has 6 heteroatoms. The van der Waals surface area contributed by atoms with E-state index < -0.39 is 0 Å². The monoisotopic (exact) mass is 452 g/mol. The maximum absolute atomic E-state index is 6.14. The van der Waals surface area contributed by atoms with Crippen molar-refractivity contribution in [2.75, 3.05) is 26.0 Å². The molecule has 1 aromatic heterocycles. The van der Waals surface area contributed by atoms with Gasteiger partial charge in [-0.25, -0.2) is 0 Å². The van der Waals surface area contributed by atoms with Gasteiger partial charge in [-0.15, -0.1) is 0 Å². The van der Waals surface area contributed by atoms with Crippen LogP contribution in [0.1, 0.15) is 35.0 Å². The van der Waals surface area contributed by atoms with Crippen LogP contribution in [-0.4, -0.2) is 35.5 Å². The molecule has 29 heavy (non-hydrogen) atoms. The molecule has 1 atom stereocenters. The van der Waals surface area contributed by atoms with Crippen molar-refractivity contribution in [2.24, 2.45) is 0 Å². The van der Waals surface area contributed by atoms with Crippen molar-refractivity contribution >= 4 is 21.6 Å². The summed E-state index contributed by atoms with van der Waals surface area (Å²) in [5.74, 6) is 1.83. The second-order valence-electron chi connectivity index (χ2n) is 7.70. The molecule has 0 saturated heterocycles. The summed E-state index contributed by atoms with van der Waals surface area (Å²) < 4.78 is 7.13. The number of para-hydroxylation sites is 1. The molecule has 4 rings (SSSR count). The van der Waals surface area contributed by atoms with Crippen molar-refractivity contribution in [3.8, 4) is 11.5 Å². The average Bonchev–Trinajstić information content (AvgIpc) is 2.70. The van der Waals surface area contributed by atoms with Gasteiger partial charge in [-0.05, 0) is 74.2 Å². The van der Waals surface area contributed by atoms with Gasteiger partial charge in [0.1, 0.15) is 11.5 Å². The average molecular weight is 453 g/mol. The highest BCUT2D eigenvalue weighted by molar-refractivity contribution is 9.10. The summed E-state index contributed by atoms with van der Waals surface area (Å²) in [6.45, 7) is 2.92. The van der Waals surface area contributed by atoms with Crippen molar-refractivity contribution in [3.05, 3.63) is 75.8 Å². The largest absolute Gasteiger partial charge is 0.456 e. The lowest BCUT2D eigenvalue weighted by molar-refractivity contribution is 0.386. The molecule has 0 aliphatic carbocycles. The zero-order chi connectivity index (χ0) is 20.4. The summed E-state index contributed by atoms with van der Waals surface area (Å²) in [5.41, 5.74) is 5.33. The minimum Gasteiger partial charge on any atom is -0.456 e. The van der Waals surface area contributed by atoms with Crippen LogP contribution in [0.15, 0.2) is 53.3 Å². The van der Waals surface area contributed by atoms with E-state index in [1.807, 2.05) is 37.5 Å². The van der Waals surface area contributed by atoms with Crippen LogP contribution in [0.4, 0.5) is 5.69 Å². The van der Waals surface area contributed by atoms with Crippen LogP contribution in [0, 0.1) is 6.92 Å². The number of aryl methyl sites for hydroxylation is 1. The number of anilines is 1. The normalized spacial score (nSPS) is 13.4. The minimum absolute atomic E-state index is 0.0921. The van der Waals surface area contributed by atoms with Gasteiger partial charge in [-0.2, -0.15) is 0 Å². The third-order valence-corrected chi connectivity index (χ3v) is 5.69. The van der Waals surface area contributed by atoms with E-state index in [-0.39, 0.29) is 6.04 Å². The Morgan fingerprint density at radius 2 is 2.00 bits per heavy atom. The number of halogens is 1. The first kappa shape index (κ1) is 19.9. The van der Waals surface area contributed by atoms with Gasteiger partial charge in [0.15, 0.2) is 0 Å². The van der Waals surface area contributed by atoms with Gasteiger partial charge in [0.05, 0.1) is 28.1 Å². The Morgan fingerprint density at radius 1 is 1.14 bits per heavy atom. The summed E-state index contributed by atoms with van der Waals surface area (Å²) >= 11 is 3.59. The van der Waals surface area contributed by atoms with Crippen LogP contribution in [0.5, 0.6) is 11.5 Å². The van der Waals surface area contributed by atoms with Crippen molar-refractivity contribution in [2.45, 2.75) is 25.8 Å². The molecule has 1 aliphatic heterocycles. The van der Waals surface area contributed by atoms with E-state index in [2.05, 4.69) is 68.4 Å². The second-order valence-corrected chi connectivity index (χ2v) is 8.56. The number of nitrogens with zero attached hydrogens (tertiary/aromatic N) is 3. The van der Waals surface area contributed by atoms with Gasteiger partial charge in [-0.3, -0.25) is 9.97 Å². The van der Waals surface area contributed by atoms with E-state index >= 15 is 0 Å². The summed E-state index contributed by atoms with van der Waals surface area (Å²) in [6, 6.07) is 12.6. The van der Waals surface area contributed by atoms with Crippen LogP contribution >= 0.6 is 15.9 Å². The highest BCUT2D eigenvalue weighted by atomic mass is 79.9. The standard InChI is InChI=1S/C23H25BrN4O/c1-15-13-26-21(14-25-15)20(9-10-28(2)3)27-18-7-8-22-17(12-18)11-16-5-4-6-19(24)23(16)29-22/h4-8,12-14,20,27H,9-11H2,1-3H3. The van der Waals surface area contributed by atoms with E-state index in [1.54, 1.807) is 0 Å². The summed E-state index contributed by atoms with van der Waals surface area (Å²) in [4.78, 5) is 11.2. The number of ether oxygens (including phenoxy) is 1. The molecule has 0 fully saturated rings. The predicted octanol–water partition coefficient (Wildman–Crippen LogP) is 5.35. The van der Waals surface area contributed by atoms with Crippen LogP contribution < -0.4 is 10.1 Å². The number of hydrogen-bond donors (Lipinski definition) is 1. The van der Waals surface area contributed by atoms with Gasteiger partial charge in [-0.1, -0.05) is 12.1 Å². The van der Waals surface area contributed by atoms with Crippen molar-refractivity contribution in [3.63, 3.8) is 0 Å². The number of hydrogen-bond acceptors (Lipinski definition) is 5. The van der Waals surface area contributed by atoms with E-state index in [0.29, 0.717) is 0 Å². The quantitative estimate of drug-likeness (QED) is 0.427. The molecule has 2 heterocycles. The Kier molecular flexibility index (Phi) is 5.83. The molecule has 0 saturated carbocycles. The highest BCUT2D eigenvalue weighted by Gasteiger charge is 2.20. The predicted molar refractivity (Wildman–Crippen MR) is 120 cm³/mol. The molecule has 1 aliphatic rings. The van der Waals surface area contributed by atoms with Crippen LogP contribution in [-0.2, 0) is 6.42 Å². The molecule has 150 valence electrons. The fourth-order valence-corrected chi connectivity index (χ4v) is 3.98. The summed E-state index contributed by atoms with van der Waals surface area (Å²) in [5, 5.41) is 3.66. The smallest absolute Gasteiger partial charge is 0.145 e. The first-order chi connectivity index (χ1) is 14.0. The van der Waals surface area contributed by atoms with Crippen LogP contribution in [0.2, 0.25) is 0 Å². The first-order valence-corrected chi connectivity index (χ1v) is 10.6. The lowest BCUT2D eigenvalue weighted by atomic mass is 9.99. The van der Waals surface area contributed by atoms with Gasteiger partial charge < -0.3 is 15.0 Å². The molecule has 0 spiro atoms. The molecule has 1 unspecified atom stereocenters. The molecule has 0 bridgehead atoms. The van der Waals surface area contributed by atoms with Gasteiger partial charge >= 0.3 is 0 Å². The zero-order valence-corrected chi connectivity index (χ0v) is 18.5. The second kappa shape index (κ2) is 8.51. The van der Waals surface area contributed by atoms with Crippen LogP contribution in [0.3, 0.4) is 0 Å². The third kappa shape index (κ3) is 4.60. The van der Waals surface area contributed by atoms with E-state index in [0.717, 1.165) is 52.4 Å². The Hall–Kier alpha value is -2.44. The van der Waals surface area contributed by atoms with E-state index in [9.17, 15) is 0 Å². The van der Waals surface area contributed by atoms with Crippen molar-refractivity contribution in [1.82, 2.24) is 14.9 Å². The Bertz CT molecular complexity index is 1000. The molecule has 3 aromatic rings. The van der Waals surface area contributed by atoms with Gasteiger partial charge in [0.2, 0.25) is 0 Å². The third-order valence-electron chi connectivity index (χ3n) is 5.07. The fraction of sp³-hybridized carbons (Fsp3) is 0.304. The molecular formula is C23H25BrN4O. The molecule has 0 amide bonds. The Morgan fingerprint density at radius 3 is 2.76 bits per heavy atom. The maximum Gasteiger partial charge on any atom is 0.145 e. The fourth-order valence-electron chi connectivity index (χ4n) is 3.49. The molecule has 2 aromatic carbocycles. The minimum atomic E-state index is 0.0921. The van der Waals surface area contributed by atoms with Crippen molar-refractivity contribution in [1.29, 1.82) is 0 Å². The van der Waals surface area contributed by atoms with Crippen LogP contribution in [0.25, 0.3) is 0 Å². The Balaban J connectivity index is 1.57. The topological polar surface area (TPSA) is 50.3 Å². The molecule has 5 nitrogen and oxygen atoms in total. The first-order valence-electron chi connectivity index (χ1n) is 9.77. The number of rotatable bonds is 6. The van der Waals surface area contributed by atoms with E-state index in [4.69, 9.17) is 4.74 Å². The highest BCUT2D eigenvalue weighted by Crippen LogP contribution is 2.41. The summed E-state index contributed by atoms with van der Waals surface area (Å²) in [7, 11) is 4.17. The van der Waals surface area contributed by atoms with Gasteiger partial charge in [0.25, 0.3) is 0 Å². The summed E-state index contributed by atoms with van der Waals surface area (Å²) in [6.07, 6.45) is 5.49. The molecular weight excluding hydrogens is 428 g/mol. The molecule has 1 N–H and O–H groups in total. The van der Waals surface area contributed by atoms with Crippen molar-refractivity contribution < 1.29 is 4.74 Å².